The molecule has 6 heterocycles. The molecule has 6 aliphatic rings. The van der Waals surface area contributed by atoms with E-state index in [1.807, 2.05) is 6.92 Å². The summed E-state index contributed by atoms with van der Waals surface area (Å²) in [6, 6.07) is 0. The molecule has 0 saturated carbocycles. The summed E-state index contributed by atoms with van der Waals surface area (Å²) in [5.41, 5.74) is 0.0732. The molecule has 6 rings (SSSR count). The van der Waals surface area contributed by atoms with Gasteiger partial charge in [-0.2, -0.15) is 0 Å². The molecule has 0 spiro atoms. The summed E-state index contributed by atoms with van der Waals surface area (Å²) in [5.74, 6) is 0. The predicted molar refractivity (Wildman–Crippen MR) is 142 cm³/mol. The van der Waals surface area contributed by atoms with E-state index in [9.17, 15) is 0 Å². The normalized spacial score (nSPS) is 31.3. The lowest BCUT2D eigenvalue weighted by Gasteiger charge is -2.23. The zero-order valence-corrected chi connectivity index (χ0v) is 24.5. The first-order chi connectivity index (χ1) is 19.4. The van der Waals surface area contributed by atoms with Gasteiger partial charge in [0.25, 0.3) is 0 Å². The Morgan fingerprint density at radius 2 is 0.850 bits per heavy atom. The van der Waals surface area contributed by atoms with Crippen molar-refractivity contribution in [3.05, 3.63) is 0 Å². The molecule has 7 atom stereocenters. The van der Waals surface area contributed by atoms with E-state index in [-0.39, 0.29) is 11.5 Å². The molecule has 12 heteroatoms. The number of ether oxygens (including phenoxy) is 12. The van der Waals surface area contributed by atoms with Crippen LogP contribution in [0.4, 0.5) is 0 Å². The third-order valence-electron chi connectivity index (χ3n) is 6.21. The van der Waals surface area contributed by atoms with Crippen molar-refractivity contribution in [1.29, 1.82) is 0 Å². The fourth-order valence-electron chi connectivity index (χ4n) is 3.19. The van der Waals surface area contributed by atoms with Gasteiger partial charge in [0, 0.05) is 5.41 Å². The van der Waals surface area contributed by atoms with Gasteiger partial charge in [0.05, 0.1) is 118 Å². The lowest BCUT2D eigenvalue weighted by Crippen LogP contribution is -2.27. The van der Waals surface area contributed by atoms with Crippen LogP contribution in [0.15, 0.2) is 0 Å². The fraction of sp³-hybridized carbons (Fsp3) is 1.00. The van der Waals surface area contributed by atoms with Gasteiger partial charge in [-0.1, -0.05) is 13.8 Å². The third kappa shape index (κ3) is 18.9. The Hall–Kier alpha value is -0.480. The van der Waals surface area contributed by atoms with Gasteiger partial charge in [0.1, 0.15) is 36.6 Å². The molecule has 6 aliphatic heterocycles. The lowest BCUT2D eigenvalue weighted by atomic mass is 9.96. The number of epoxide rings is 6. The Morgan fingerprint density at radius 1 is 0.525 bits per heavy atom. The van der Waals surface area contributed by atoms with Crippen molar-refractivity contribution in [2.45, 2.75) is 63.5 Å². The van der Waals surface area contributed by atoms with E-state index >= 15 is 0 Å². The molecular weight excluding hydrogens is 528 g/mol. The van der Waals surface area contributed by atoms with Gasteiger partial charge in [-0.25, -0.2) is 0 Å². The van der Waals surface area contributed by atoms with E-state index in [1.54, 1.807) is 0 Å². The zero-order valence-electron chi connectivity index (χ0n) is 24.5. The van der Waals surface area contributed by atoms with Gasteiger partial charge in [-0.05, 0) is 6.92 Å². The van der Waals surface area contributed by atoms with Crippen molar-refractivity contribution in [2.75, 3.05) is 112 Å². The molecule has 0 aromatic rings. The van der Waals surface area contributed by atoms with Gasteiger partial charge < -0.3 is 56.8 Å². The van der Waals surface area contributed by atoms with Crippen LogP contribution in [-0.4, -0.2) is 155 Å². The monoisotopic (exact) mass is 578 g/mol. The first kappa shape index (κ1) is 32.4. The molecule has 6 fully saturated rings. The summed E-state index contributed by atoms with van der Waals surface area (Å²) in [7, 11) is 0. The highest BCUT2D eigenvalue weighted by Crippen LogP contribution is 2.19. The summed E-state index contributed by atoms with van der Waals surface area (Å²) in [6.45, 7) is 19.1. The van der Waals surface area contributed by atoms with Crippen LogP contribution in [0.2, 0.25) is 0 Å². The van der Waals surface area contributed by atoms with Crippen LogP contribution >= 0.6 is 0 Å². The van der Waals surface area contributed by atoms with Crippen LogP contribution in [0.1, 0.15) is 20.8 Å². The van der Waals surface area contributed by atoms with E-state index < -0.39 is 0 Å². The highest BCUT2D eigenvalue weighted by molar-refractivity contribution is 4.73. The molecule has 234 valence electrons. The maximum absolute atomic E-state index is 5.56. The van der Waals surface area contributed by atoms with Crippen molar-refractivity contribution in [3.63, 3.8) is 0 Å². The van der Waals surface area contributed by atoms with Crippen LogP contribution in [0, 0.1) is 5.41 Å². The largest absolute Gasteiger partial charge is 0.378 e. The molecule has 6 saturated heterocycles. The molecule has 7 unspecified atom stereocenters. The Morgan fingerprint density at radius 3 is 1.23 bits per heavy atom. The van der Waals surface area contributed by atoms with Crippen molar-refractivity contribution in [3.8, 4) is 0 Å². The molecule has 40 heavy (non-hydrogen) atoms. The molecule has 0 aromatic carbocycles. The fourth-order valence-corrected chi connectivity index (χ4v) is 3.19. The Bertz CT molecular complexity index is 622. The Labute approximate surface area is 238 Å². The van der Waals surface area contributed by atoms with Gasteiger partial charge in [-0.3, -0.25) is 0 Å². The Kier molecular flexibility index (Phi) is 14.3. The third-order valence-corrected chi connectivity index (χ3v) is 6.21. The zero-order chi connectivity index (χ0) is 28.0. The lowest BCUT2D eigenvalue weighted by molar-refractivity contribution is -0.0146. The second-order valence-electron chi connectivity index (χ2n) is 11.8. The van der Waals surface area contributed by atoms with Gasteiger partial charge in [0.15, 0.2) is 0 Å². The predicted octanol–water partition coefficient (Wildman–Crippen LogP) is 0.866. The summed E-state index contributed by atoms with van der Waals surface area (Å²) in [5, 5.41) is 0. The Balaban J connectivity index is 0.000000140. The van der Waals surface area contributed by atoms with Crippen LogP contribution in [0.25, 0.3) is 0 Å². The quantitative estimate of drug-likeness (QED) is 0.133. The van der Waals surface area contributed by atoms with Crippen LogP contribution < -0.4 is 0 Å². The van der Waals surface area contributed by atoms with Crippen molar-refractivity contribution >= 4 is 0 Å². The SMILES string of the molecule is C(COCC1CO1)OCC1CO1.CC(C)(COCC1CO1)COCC1CO1.CC(COCC1CO1)OCC1CO1. The minimum absolute atomic E-state index is 0.0732. The maximum atomic E-state index is 5.56. The molecule has 0 radical (unpaired) electrons. The first-order valence-electron chi connectivity index (χ1n) is 14.6. The standard InChI is InChI=1S/C11H20O4.C9H16O4.C8H14O4/c1-11(2,7-12-3-9-5-14-9)8-13-4-10-6-15-10;1-7(11-4-9-6-13-9)2-10-3-8-5-12-8;1(9-3-7-5-11-7)2-10-4-8-6-12-8/h9-10H,3-8H2,1-2H3;7-9H,2-6H2,1H3;7-8H,1-6H2. The summed E-state index contributed by atoms with van der Waals surface area (Å²) >= 11 is 0. The topological polar surface area (TPSA) is 131 Å². The smallest absolute Gasteiger partial charge is 0.104 e. The number of hydrogen-bond donors (Lipinski definition) is 0. The molecular formula is C28H50O12. The number of hydrogen-bond acceptors (Lipinski definition) is 12. The van der Waals surface area contributed by atoms with E-state index in [0.717, 1.165) is 66.1 Å². The van der Waals surface area contributed by atoms with Crippen LogP contribution in [-0.2, 0) is 56.8 Å². The van der Waals surface area contributed by atoms with Crippen molar-refractivity contribution < 1.29 is 56.8 Å². The molecule has 0 bridgehead atoms. The number of rotatable bonds is 22. The first-order valence-corrected chi connectivity index (χ1v) is 14.6. The average molecular weight is 579 g/mol. The van der Waals surface area contributed by atoms with Gasteiger partial charge >= 0.3 is 0 Å². The average Bonchev–Trinajstić information content (AvgIpc) is 3.69. The van der Waals surface area contributed by atoms with Gasteiger partial charge in [0.2, 0.25) is 0 Å². The van der Waals surface area contributed by atoms with Crippen molar-refractivity contribution in [1.82, 2.24) is 0 Å². The molecule has 12 nitrogen and oxygen atoms in total. The molecule has 0 aliphatic carbocycles. The molecule has 0 aromatic heterocycles. The highest BCUT2D eigenvalue weighted by atomic mass is 16.6. The summed E-state index contributed by atoms with van der Waals surface area (Å²) in [4.78, 5) is 0. The van der Waals surface area contributed by atoms with Gasteiger partial charge in [-0.15, -0.1) is 0 Å². The van der Waals surface area contributed by atoms with Crippen molar-refractivity contribution in [2.24, 2.45) is 5.41 Å². The molecule has 0 amide bonds. The maximum Gasteiger partial charge on any atom is 0.104 e. The second kappa shape index (κ2) is 17.6. The summed E-state index contributed by atoms with van der Waals surface area (Å²) in [6.07, 6.45) is 2.26. The minimum Gasteiger partial charge on any atom is -0.378 e. The highest BCUT2D eigenvalue weighted by Gasteiger charge is 2.28. The van der Waals surface area contributed by atoms with E-state index in [2.05, 4.69) is 13.8 Å². The van der Waals surface area contributed by atoms with Crippen LogP contribution in [0.3, 0.4) is 0 Å². The van der Waals surface area contributed by atoms with Crippen LogP contribution in [0.5, 0.6) is 0 Å². The molecule has 0 N–H and O–H groups in total. The summed E-state index contributed by atoms with van der Waals surface area (Å²) < 4.78 is 62.7. The van der Waals surface area contributed by atoms with E-state index in [1.165, 1.54) is 0 Å². The second-order valence-corrected chi connectivity index (χ2v) is 11.8. The van der Waals surface area contributed by atoms with E-state index in [4.69, 9.17) is 56.8 Å². The minimum atomic E-state index is 0.0732. The van der Waals surface area contributed by atoms with E-state index in [0.29, 0.717) is 82.9 Å².